The number of halogens is 4. The van der Waals surface area contributed by atoms with Gasteiger partial charge >= 0.3 is 0 Å². The second kappa shape index (κ2) is 5.67. The van der Waals surface area contributed by atoms with Crippen molar-refractivity contribution >= 4 is 27.5 Å². The third-order valence-corrected chi connectivity index (χ3v) is 3.08. The molecule has 0 bridgehead atoms. The maximum Gasteiger partial charge on any atom is 0.167 e. The topological polar surface area (TPSA) is 9.23 Å². The highest BCUT2D eigenvalue weighted by Gasteiger charge is 2.13. The number of benzene rings is 2. The van der Waals surface area contributed by atoms with Crippen molar-refractivity contribution in [3.8, 4) is 11.5 Å². The Morgan fingerprint density at radius 1 is 1.11 bits per heavy atom. The van der Waals surface area contributed by atoms with E-state index < -0.39 is 11.6 Å². The van der Waals surface area contributed by atoms with Crippen molar-refractivity contribution in [3.63, 3.8) is 0 Å². The monoisotopic (exact) mass is 332 g/mol. The van der Waals surface area contributed by atoms with Crippen molar-refractivity contribution in [2.24, 2.45) is 0 Å². The van der Waals surface area contributed by atoms with Crippen LogP contribution in [0, 0.1) is 11.6 Å². The molecule has 0 amide bonds. The van der Waals surface area contributed by atoms with Gasteiger partial charge in [-0.25, -0.2) is 8.78 Å². The van der Waals surface area contributed by atoms with Crippen LogP contribution in [0.15, 0.2) is 40.9 Å². The van der Waals surface area contributed by atoms with Crippen molar-refractivity contribution in [1.29, 1.82) is 0 Å². The molecular formula is C13H8BrClF2O. The predicted octanol–water partition coefficient (Wildman–Crippen LogP) is 5.26. The highest BCUT2D eigenvalue weighted by molar-refractivity contribution is 9.10. The molecule has 0 saturated heterocycles. The fourth-order valence-corrected chi connectivity index (χ4v) is 1.99. The third kappa shape index (κ3) is 2.82. The summed E-state index contributed by atoms with van der Waals surface area (Å²) in [6.45, 7) is 0. The zero-order valence-electron chi connectivity index (χ0n) is 9.09. The molecule has 0 radical (unpaired) electrons. The van der Waals surface area contributed by atoms with Crippen LogP contribution in [0.25, 0.3) is 0 Å². The second-order valence-corrected chi connectivity index (χ2v) is 4.72. The molecule has 0 heterocycles. The lowest BCUT2D eigenvalue weighted by molar-refractivity contribution is 0.411. The molecule has 2 rings (SSSR count). The predicted molar refractivity (Wildman–Crippen MR) is 70.1 cm³/mol. The SMILES string of the molecule is Fc1ccc(Br)cc1Oc1c(F)cccc1CCl. The molecule has 0 aromatic heterocycles. The summed E-state index contributed by atoms with van der Waals surface area (Å²) in [5.41, 5.74) is 0.469. The molecule has 2 aromatic carbocycles. The first-order valence-electron chi connectivity index (χ1n) is 5.08. The number of para-hydroxylation sites is 1. The van der Waals surface area contributed by atoms with E-state index >= 15 is 0 Å². The van der Waals surface area contributed by atoms with Crippen LogP contribution >= 0.6 is 27.5 Å². The smallest absolute Gasteiger partial charge is 0.167 e. The van der Waals surface area contributed by atoms with Crippen molar-refractivity contribution in [1.82, 2.24) is 0 Å². The van der Waals surface area contributed by atoms with E-state index in [9.17, 15) is 8.78 Å². The standard InChI is InChI=1S/C13H8BrClF2O/c14-9-4-5-10(16)12(6-9)18-13-8(7-15)2-1-3-11(13)17/h1-6H,7H2. The quantitative estimate of drug-likeness (QED) is 0.696. The summed E-state index contributed by atoms with van der Waals surface area (Å²) in [5, 5.41) is 0. The first-order valence-corrected chi connectivity index (χ1v) is 6.41. The van der Waals surface area contributed by atoms with Crippen molar-refractivity contribution in [3.05, 3.63) is 58.1 Å². The molecule has 2 aromatic rings. The van der Waals surface area contributed by atoms with Crippen LogP contribution in [0.2, 0.25) is 0 Å². The van der Waals surface area contributed by atoms with Crippen LogP contribution in [0.1, 0.15) is 5.56 Å². The molecule has 0 aliphatic heterocycles. The minimum absolute atomic E-state index is 0.0514. The van der Waals surface area contributed by atoms with E-state index in [1.54, 1.807) is 6.07 Å². The van der Waals surface area contributed by atoms with Gasteiger partial charge in [0.05, 0.1) is 5.88 Å². The summed E-state index contributed by atoms with van der Waals surface area (Å²) in [4.78, 5) is 0. The Hall–Kier alpha value is -1.13. The highest BCUT2D eigenvalue weighted by Crippen LogP contribution is 2.32. The molecule has 0 fully saturated rings. The molecule has 0 N–H and O–H groups in total. The van der Waals surface area contributed by atoms with Gasteiger partial charge in [0, 0.05) is 10.0 Å². The number of ether oxygens (including phenoxy) is 1. The van der Waals surface area contributed by atoms with E-state index in [1.165, 1.54) is 30.3 Å². The molecule has 0 unspecified atom stereocenters. The summed E-state index contributed by atoms with van der Waals surface area (Å²) < 4.78 is 33.1. The number of hydrogen-bond acceptors (Lipinski definition) is 1. The lowest BCUT2D eigenvalue weighted by Gasteiger charge is -2.11. The lowest BCUT2D eigenvalue weighted by atomic mass is 10.2. The molecule has 94 valence electrons. The minimum Gasteiger partial charge on any atom is -0.451 e. The summed E-state index contributed by atoms with van der Waals surface area (Å²) >= 11 is 8.89. The largest absolute Gasteiger partial charge is 0.451 e. The number of rotatable bonds is 3. The lowest BCUT2D eigenvalue weighted by Crippen LogP contribution is -1.95. The summed E-state index contributed by atoms with van der Waals surface area (Å²) in [6.07, 6.45) is 0. The molecule has 18 heavy (non-hydrogen) atoms. The van der Waals surface area contributed by atoms with Crippen LogP contribution in [-0.4, -0.2) is 0 Å². The van der Waals surface area contributed by atoms with E-state index in [-0.39, 0.29) is 17.4 Å². The van der Waals surface area contributed by atoms with Crippen LogP contribution in [0.3, 0.4) is 0 Å². The Balaban J connectivity index is 2.42. The fraction of sp³-hybridized carbons (Fsp3) is 0.0769. The van der Waals surface area contributed by atoms with Crippen molar-refractivity contribution in [2.45, 2.75) is 5.88 Å². The average molecular weight is 334 g/mol. The molecule has 0 aliphatic rings. The fourth-order valence-electron chi connectivity index (χ4n) is 1.44. The Bertz CT molecular complexity index is 575. The molecule has 0 saturated carbocycles. The molecule has 0 aliphatic carbocycles. The van der Waals surface area contributed by atoms with E-state index in [4.69, 9.17) is 16.3 Å². The van der Waals surface area contributed by atoms with Crippen LogP contribution in [0.4, 0.5) is 8.78 Å². The van der Waals surface area contributed by atoms with Gasteiger partial charge in [-0.1, -0.05) is 28.1 Å². The van der Waals surface area contributed by atoms with E-state index in [1.807, 2.05) is 0 Å². The zero-order chi connectivity index (χ0) is 13.1. The second-order valence-electron chi connectivity index (χ2n) is 3.54. The van der Waals surface area contributed by atoms with Crippen molar-refractivity contribution in [2.75, 3.05) is 0 Å². The van der Waals surface area contributed by atoms with Gasteiger partial charge in [0.2, 0.25) is 0 Å². The van der Waals surface area contributed by atoms with Gasteiger partial charge in [-0.3, -0.25) is 0 Å². The average Bonchev–Trinajstić information content (AvgIpc) is 2.36. The normalized spacial score (nSPS) is 10.4. The summed E-state index contributed by atoms with van der Waals surface area (Å²) in [7, 11) is 0. The van der Waals surface area contributed by atoms with Crippen LogP contribution in [0.5, 0.6) is 11.5 Å². The maximum atomic E-state index is 13.6. The van der Waals surface area contributed by atoms with Gasteiger partial charge in [0.1, 0.15) is 0 Å². The van der Waals surface area contributed by atoms with Gasteiger partial charge in [-0.2, -0.15) is 0 Å². The Morgan fingerprint density at radius 3 is 2.61 bits per heavy atom. The van der Waals surface area contributed by atoms with E-state index in [0.29, 0.717) is 10.0 Å². The highest BCUT2D eigenvalue weighted by atomic mass is 79.9. The van der Waals surface area contributed by atoms with E-state index in [2.05, 4.69) is 15.9 Å². The van der Waals surface area contributed by atoms with Gasteiger partial charge < -0.3 is 4.74 Å². The number of alkyl halides is 1. The maximum absolute atomic E-state index is 13.6. The molecule has 0 spiro atoms. The van der Waals surface area contributed by atoms with Crippen LogP contribution in [-0.2, 0) is 5.88 Å². The summed E-state index contributed by atoms with van der Waals surface area (Å²) in [6, 6.07) is 8.59. The van der Waals surface area contributed by atoms with Gasteiger partial charge in [0.25, 0.3) is 0 Å². The Morgan fingerprint density at radius 2 is 1.89 bits per heavy atom. The first kappa shape index (κ1) is 13.3. The van der Waals surface area contributed by atoms with Gasteiger partial charge in [-0.15, -0.1) is 11.6 Å². The molecule has 0 atom stereocenters. The number of hydrogen-bond donors (Lipinski definition) is 0. The molecule has 1 nitrogen and oxygen atoms in total. The minimum atomic E-state index is -0.576. The first-order chi connectivity index (χ1) is 8.61. The third-order valence-electron chi connectivity index (χ3n) is 2.30. The van der Waals surface area contributed by atoms with E-state index in [0.717, 1.165) is 0 Å². The van der Waals surface area contributed by atoms with Gasteiger partial charge in [0.15, 0.2) is 23.1 Å². The molecule has 5 heteroatoms. The van der Waals surface area contributed by atoms with Crippen LogP contribution < -0.4 is 4.74 Å². The van der Waals surface area contributed by atoms with Crippen molar-refractivity contribution < 1.29 is 13.5 Å². The Kier molecular flexibility index (Phi) is 4.19. The zero-order valence-corrected chi connectivity index (χ0v) is 11.4. The Labute approximate surface area is 116 Å². The van der Waals surface area contributed by atoms with Gasteiger partial charge in [-0.05, 0) is 24.3 Å². The summed E-state index contributed by atoms with van der Waals surface area (Å²) in [5.74, 6) is -1.16. The molecular weight excluding hydrogens is 325 g/mol.